The molecule has 1 rings (SSSR count). The molecule has 0 heterocycles. The molecule has 0 amide bonds. The Morgan fingerprint density at radius 1 is 1.24 bits per heavy atom. The normalized spacial score (nSPS) is 13.9. The van der Waals surface area contributed by atoms with Crippen molar-refractivity contribution in [2.45, 2.75) is 26.0 Å². The lowest BCUT2D eigenvalue weighted by Crippen LogP contribution is -2.32. The smallest absolute Gasteiger partial charge is 0.347 e. The number of aliphatic hydroxyl groups is 1. The van der Waals surface area contributed by atoms with Gasteiger partial charge in [0.1, 0.15) is 6.04 Å². The standard InChI is InChI=1S/C12H15NO4/c1-7-3-5-9(6-4-7)10(14)12(16)17-11(15)8(2)13/h3-6,8,10,14H,13H2,1-2H3/t8-,10+/m1/s1. The largest absolute Gasteiger partial charge is 0.390 e. The van der Waals surface area contributed by atoms with Gasteiger partial charge in [-0.15, -0.1) is 0 Å². The molecular weight excluding hydrogens is 222 g/mol. The van der Waals surface area contributed by atoms with Gasteiger partial charge in [0.25, 0.3) is 0 Å². The number of benzene rings is 1. The minimum Gasteiger partial charge on any atom is -0.390 e. The predicted octanol–water partition coefficient (Wildman–Crippen LogP) is 0.445. The van der Waals surface area contributed by atoms with Gasteiger partial charge in [0.2, 0.25) is 0 Å². The van der Waals surface area contributed by atoms with Crippen molar-refractivity contribution in [1.29, 1.82) is 0 Å². The van der Waals surface area contributed by atoms with E-state index in [4.69, 9.17) is 5.73 Å². The van der Waals surface area contributed by atoms with Crippen LogP contribution in [-0.2, 0) is 14.3 Å². The molecule has 0 bridgehead atoms. The van der Waals surface area contributed by atoms with E-state index in [0.29, 0.717) is 5.56 Å². The maximum absolute atomic E-state index is 11.4. The highest BCUT2D eigenvalue weighted by atomic mass is 16.6. The summed E-state index contributed by atoms with van der Waals surface area (Å²) in [7, 11) is 0. The van der Waals surface area contributed by atoms with Crippen molar-refractivity contribution in [3.8, 4) is 0 Å². The summed E-state index contributed by atoms with van der Waals surface area (Å²) in [6.07, 6.45) is -1.47. The molecule has 5 nitrogen and oxygen atoms in total. The van der Waals surface area contributed by atoms with Crippen molar-refractivity contribution in [1.82, 2.24) is 0 Å². The number of aliphatic hydroxyl groups excluding tert-OH is 1. The molecule has 1 aromatic rings. The minimum atomic E-state index is -1.47. The van der Waals surface area contributed by atoms with Crippen LogP contribution >= 0.6 is 0 Å². The van der Waals surface area contributed by atoms with E-state index in [-0.39, 0.29) is 0 Å². The van der Waals surface area contributed by atoms with E-state index in [1.165, 1.54) is 6.92 Å². The van der Waals surface area contributed by atoms with Crippen LogP contribution in [0.1, 0.15) is 24.2 Å². The van der Waals surface area contributed by atoms with E-state index in [0.717, 1.165) is 5.56 Å². The third kappa shape index (κ3) is 3.65. The molecule has 2 atom stereocenters. The van der Waals surface area contributed by atoms with E-state index in [2.05, 4.69) is 4.74 Å². The molecule has 0 unspecified atom stereocenters. The van der Waals surface area contributed by atoms with Gasteiger partial charge in [-0.2, -0.15) is 0 Å². The Kier molecular flexibility index (Phi) is 4.37. The average Bonchev–Trinajstić information content (AvgIpc) is 2.28. The van der Waals surface area contributed by atoms with Crippen molar-refractivity contribution in [2.75, 3.05) is 0 Å². The number of hydrogen-bond donors (Lipinski definition) is 2. The van der Waals surface area contributed by atoms with Gasteiger partial charge in [0.15, 0.2) is 6.10 Å². The Balaban J connectivity index is 2.70. The van der Waals surface area contributed by atoms with Crippen molar-refractivity contribution in [3.63, 3.8) is 0 Å². The highest BCUT2D eigenvalue weighted by Crippen LogP contribution is 2.15. The fourth-order valence-corrected chi connectivity index (χ4v) is 1.13. The second kappa shape index (κ2) is 5.56. The number of hydrogen-bond acceptors (Lipinski definition) is 5. The monoisotopic (exact) mass is 237 g/mol. The lowest BCUT2D eigenvalue weighted by molar-refractivity contribution is -0.166. The van der Waals surface area contributed by atoms with Crippen molar-refractivity contribution in [3.05, 3.63) is 35.4 Å². The minimum absolute atomic E-state index is 0.373. The van der Waals surface area contributed by atoms with Gasteiger partial charge < -0.3 is 15.6 Å². The van der Waals surface area contributed by atoms with Crippen molar-refractivity contribution >= 4 is 11.9 Å². The fourth-order valence-electron chi connectivity index (χ4n) is 1.13. The summed E-state index contributed by atoms with van der Waals surface area (Å²) in [5, 5.41) is 9.64. The number of aryl methyl sites for hydroxylation is 1. The zero-order valence-electron chi connectivity index (χ0n) is 9.71. The zero-order valence-corrected chi connectivity index (χ0v) is 9.71. The maximum atomic E-state index is 11.4. The molecule has 0 fully saturated rings. The first-order valence-corrected chi connectivity index (χ1v) is 5.17. The molecule has 0 aliphatic rings. The van der Waals surface area contributed by atoms with Crippen LogP contribution in [0.2, 0.25) is 0 Å². The van der Waals surface area contributed by atoms with Crippen LogP contribution in [0.25, 0.3) is 0 Å². The molecule has 3 N–H and O–H groups in total. The third-order valence-electron chi connectivity index (χ3n) is 2.19. The molecule has 1 aromatic carbocycles. The Hall–Kier alpha value is -1.72. The quantitative estimate of drug-likeness (QED) is 0.588. The summed E-state index contributed by atoms with van der Waals surface area (Å²) in [6.45, 7) is 3.28. The fraction of sp³-hybridized carbons (Fsp3) is 0.333. The van der Waals surface area contributed by atoms with E-state index in [9.17, 15) is 14.7 Å². The van der Waals surface area contributed by atoms with Crippen LogP contribution < -0.4 is 5.73 Å². The number of rotatable bonds is 3. The number of ether oxygens (including phenoxy) is 1. The molecule has 17 heavy (non-hydrogen) atoms. The summed E-state index contributed by atoms with van der Waals surface area (Å²) < 4.78 is 4.41. The molecule has 0 spiro atoms. The third-order valence-corrected chi connectivity index (χ3v) is 2.19. The number of nitrogens with two attached hydrogens (primary N) is 1. The predicted molar refractivity (Wildman–Crippen MR) is 60.9 cm³/mol. The van der Waals surface area contributed by atoms with E-state index >= 15 is 0 Å². The first kappa shape index (κ1) is 13.3. The molecule has 92 valence electrons. The summed E-state index contributed by atoms with van der Waals surface area (Å²) in [5.41, 5.74) is 6.61. The van der Waals surface area contributed by atoms with Crippen molar-refractivity contribution < 1.29 is 19.4 Å². The maximum Gasteiger partial charge on any atom is 0.347 e. The second-order valence-electron chi connectivity index (χ2n) is 3.84. The number of carbonyl (C=O) groups is 2. The second-order valence-corrected chi connectivity index (χ2v) is 3.84. The SMILES string of the molecule is Cc1ccc([C@H](O)C(=O)OC(=O)[C@@H](C)N)cc1. The Bertz CT molecular complexity index is 411. The van der Waals surface area contributed by atoms with Gasteiger partial charge in [-0.3, -0.25) is 0 Å². The summed E-state index contributed by atoms with van der Waals surface area (Å²) >= 11 is 0. The van der Waals surface area contributed by atoms with E-state index in [1.54, 1.807) is 24.3 Å². The van der Waals surface area contributed by atoms with Gasteiger partial charge in [0.05, 0.1) is 0 Å². The van der Waals surface area contributed by atoms with Crippen LogP contribution in [0.3, 0.4) is 0 Å². The Morgan fingerprint density at radius 3 is 2.24 bits per heavy atom. The van der Waals surface area contributed by atoms with Gasteiger partial charge >= 0.3 is 11.9 Å². The highest BCUT2D eigenvalue weighted by Gasteiger charge is 2.23. The summed E-state index contributed by atoms with van der Waals surface area (Å²) in [5.74, 6) is -1.88. The first-order chi connectivity index (χ1) is 7.91. The van der Waals surface area contributed by atoms with Gasteiger partial charge in [-0.25, -0.2) is 9.59 Å². The molecule has 0 aliphatic heterocycles. The Labute approximate surface area is 99.2 Å². The van der Waals surface area contributed by atoms with E-state index < -0.39 is 24.1 Å². The molecule has 5 heteroatoms. The van der Waals surface area contributed by atoms with Crippen LogP contribution in [-0.4, -0.2) is 23.1 Å². The van der Waals surface area contributed by atoms with Crippen molar-refractivity contribution in [2.24, 2.45) is 5.73 Å². The molecule has 0 saturated heterocycles. The van der Waals surface area contributed by atoms with Gasteiger partial charge in [0, 0.05) is 0 Å². The average molecular weight is 237 g/mol. The zero-order chi connectivity index (χ0) is 13.0. The molecule has 0 aromatic heterocycles. The molecule has 0 saturated carbocycles. The van der Waals surface area contributed by atoms with Gasteiger partial charge in [-0.1, -0.05) is 29.8 Å². The molecule has 0 radical (unpaired) electrons. The molecule has 0 aliphatic carbocycles. The van der Waals surface area contributed by atoms with Crippen LogP contribution in [0, 0.1) is 6.92 Å². The topological polar surface area (TPSA) is 89.6 Å². The highest BCUT2D eigenvalue weighted by molar-refractivity contribution is 5.90. The van der Waals surface area contributed by atoms with Crippen LogP contribution in [0.15, 0.2) is 24.3 Å². The number of esters is 2. The lowest BCUT2D eigenvalue weighted by atomic mass is 10.1. The lowest BCUT2D eigenvalue weighted by Gasteiger charge is -2.11. The van der Waals surface area contributed by atoms with Crippen LogP contribution in [0.5, 0.6) is 0 Å². The molecular formula is C12H15NO4. The first-order valence-electron chi connectivity index (χ1n) is 5.17. The van der Waals surface area contributed by atoms with Crippen LogP contribution in [0.4, 0.5) is 0 Å². The summed E-state index contributed by atoms with van der Waals surface area (Å²) in [4.78, 5) is 22.5. The Morgan fingerprint density at radius 2 is 1.76 bits per heavy atom. The van der Waals surface area contributed by atoms with E-state index in [1.807, 2.05) is 6.92 Å². The van der Waals surface area contributed by atoms with Gasteiger partial charge in [-0.05, 0) is 19.4 Å². The summed E-state index contributed by atoms with van der Waals surface area (Å²) in [6, 6.07) is 5.79. The number of carbonyl (C=O) groups excluding carboxylic acids is 2.